The molecule has 0 atom stereocenters. The summed E-state index contributed by atoms with van der Waals surface area (Å²) in [5, 5.41) is 2.73. The van der Waals surface area contributed by atoms with Gasteiger partial charge in [0.15, 0.2) is 0 Å². The van der Waals surface area contributed by atoms with Crippen LogP contribution in [-0.4, -0.2) is 18.7 Å². The number of rotatable bonds is 3. The molecule has 0 radical (unpaired) electrons. The van der Waals surface area contributed by atoms with E-state index in [9.17, 15) is 4.79 Å². The molecule has 0 heterocycles. The van der Waals surface area contributed by atoms with E-state index in [-0.39, 0.29) is 12.1 Å². The van der Waals surface area contributed by atoms with Gasteiger partial charge in [-0.15, -0.1) is 0 Å². The molecule has 0 saturated heterocycles. The van der Waals surface area contributed by atoms with Gasteiger partial charge in [-0.2, -0.15) is 0 Å². The number of carbonyl (C=O) groups is 1. The Morgan fingerprint density at radius 3 is 2.61 bits per heavy atom. The lowest BCUT2D eigenvalue weighted by atomic mass is 10.1. The van der Waals surface area contributed by atoms with Gasteiger partial charge in [0.2, 0.25) is 0 Å². The highest BCUT2D eigenvalue weighted by Gasteiger charge is 2.15. The van der Waals surface area contributed by atoms with Crippen molar-refractivity contribution in [2.75, 3.05) is 7.11 Å². The molecule has 0 aliphatic rings. The summed E-state index contributed by atoms with van der Waals surface area (Å²) >= 11 is 3.37. The average Bonchev–Trinajstić information content (AvgIpc) is 2.24. The van der Waals surface area contributed by atoms with Gasteiger partial charge in [-0.3, -0.25) is 0 Å². The highest BCUT2D eigenvalue weighted by molar-refractivity contribution is 9.10. The smallest absolute Gasteiger partial charge is 0.407 e. The molecule has 5 heteroatoms. The van der Waals surface area contributed by atoms with Crippen molar-refractivity contribution in [3.63, 3.8) is 0 Å². The van der Waals surface area contributed by atoms with E-state index in [0.29, 0.717) is 5.75 Å². The molecule has 1 amide bonds. The van der Waals surface area contributed by atoms with Crippen LogP contribution >= 0.6 is 15.9 Å². The molecule has 0 fully saturated rings. The Hall–Kier alpha value is -1.23. The van der Waals surface area contributed by atoms with Crippen LogP contribution in [0.1, 0.15) is 26.3 Å². The van der Waals surface area contributed by atoms with E-state index in [1.165, 1.54) is 0 Å². The molecular formula is C13H18BrNO3. The van der Waals surface area contributed by atoms with Crippen LogP contribution < -0.4 is 10.1 Å². The molecular weight excluding hydrogens is 298 g/mol. The van der Waals surface area contributed by atoms with Crippen LogP contribution in [0.25, 0.3) is 0 Å². The maximum Gasteiger partial charge on any atom is 0.407 e. The van der Waals surface area contributed by atoms with E-state index in [0.717, 1.165) is 10.0 Å². The molecule has 1 N–H and O–H groups in total. The molecule has 100 valence electrons. The number of nitrogens with one attached hydrogen (secondary N) is 1. The summed E-state index contributed by atoms with van der Waals surface area (Å²) in [4.78, 5) is 11.5. The van der Waals surface area contributed by atoms with Gasteiger partial charge in [-0.05, 0) is 39.0 Å². The Morgan fingerprint density at radius 1 is 1.39 bits per heavy atom. The molecule has 0 saturated carbocycles. The van der Waals surface area contributed by atoms with Crippen molar-refractivity contribution in [3.05, 3.63) is 28.2 Å². The second-order valence-electron chi connectivity index (χ2n) is 4.91. The molecule has 4 nitrogen and oxygen atoms in total. The van der Waals surface area contributed by atoms with E-state index >= 15 is 0 Å². The Kier molecular flexibility index (Phi) is 5.02. The van der Waals surface area contributed by atoms with Crippen LogP contribution in [0.2, 0.25) is 0 Å². The fourth-order valence-corrected chi connectivity index (χ4v) is 1.75. The van der Waals surface area contributed by atoms with Gasteiger partial charge in [0.1, 0.15) is 12.4 Å². The number of methoxy groups -OCH3 is 1. The van der Waals surface area contributed by atoms with E-state index in [2.05, 4.69) is 21.2 Å². The van der Waals surface area contributed by atoms with Gasteiger partial charge in [-0.1, -0.05) is 15.9 Å². The van der Waals surface area contributed by atoms with Crippen molar-refractivity contribution < 1.29 is 14.3 Å². The molecule has 0 unspecified atom stereocenters. The third-order valence-corrected chi connectivity index (χ3v) is 2.57. The second kappa shape index (κ2) is 6.09. The number of hydrogen-bond acceptors (Lipinski definition) is 3. The molecule has 1 aromatic carbocycles. The number of amides is 1. The maximum absolute atomic E-state index is 11.5. The van der Waals surface area contributed by atoms with Crippen LogP contribution in [0, 0.1) is 0 Å². The van der Waals surface area contributed by atoms with Crippen LogP contribution in [0.4, 0.5) is 4.79 Å². The third-order valence-electron chi connectivity index (χ3n) is 2.08. The number of carbonyl (C=O) groups excluding carboxylic acids is 1. The number of alkyl carbamates (subject to hydrolysis) is 1. The molecule has 18 heavy (non-hydrogen) atoms. The molecule has 0 aliphatic carbocycles. The quantitative estimate of drug-likeness (QED) is 0.929. The van der Waals surface area contributed by atoms with Crippen LogP contribution in [-0.2, 0) is 11.3 Å². The first-order valence-electron chi connectivity index (χ1n) is 5.59. The Morgan fingerprint density at radius 2 is 2.06 bits per heavy atom. The van der Waals surface area contributed by atoms with E-state index < -0.39 is 6.09 Å². The number of halogens is 1. The van der Waals surface area contributed by atoms with Crippen LogP contribution in [0.3, 0.4) is 0 Å². The summed E-state index contributed by atoms with van der Waals surface area (Å²) in [6.07, 6.45) is -0.440. The largest absolute Gasteiger partial charge is 0.496 e. The number of ether oxygens (including phenoxy) is 2. The van der Waals surface area contributed by atoms with Crippen molar-refractivity contribution in [3.8, 4) is 5.75 Å². The summed E-state index contributed by atoms with van der Waals surface area (Å²) in [5.41, 5.74) is 0.509. The summed E-state index contributed by atoms with van der Waals surface area (Å²) in [6.45, 7) is 5.86. The molecule has 1 rings (SSSR count). The molecule has 0 aliphatic heterocycles. The van der Waals surface area contributed by atoms with Gasteiger partial charge >= 0.3 is 6.09 Å². The van der Waals surface area contributed by atoms with Crippen molar-refractivity contribution in [1.29, 1.82) is 0 Å². The fourth-order valence-electron chi connectivity index (χ4n) is 1.35. The van der Waals surface area contributed by atoms with Crippen LogP contribution in [0.5, 0.6) is 5.75 Å². The second-order valence-corrected chi connectivity index (χ2v) is 5.82. The predicted octanol–water partition coefficient (Wildman–Crippen LogP) is 3.48. The highest BCUT2D eigenvalue weighted by Crippen LogP contribution is 2.23. The topological polar surface area (TPSA) is 47.6 Å². The number of benzene rings is 1. The standard InChI is InChI=1S/C13H18BrNO3/c1-13(2,3)15-12(16)18-8-9-7-10(14)5-6-11(9)17-4/h5-7H,8H2,1-4H3,(H,15,16). The minimum absolute atomic E-state index is 0.171. The predicted molar refractivity (Wildman–Crippen MR) is 73.8 cm³/mol. The third kappa shape index (κ3) is 4.96. The van der Waals surface area contributed by atoms with E-state index in [1.807, 2.05) is 39.0 Å². The van der Waals surface area contributed by atoms with Gasteiger partial charge in [-0.25, -0.2) is 4.79 Å². The average molecular weight is 316 g/mol. The monoisotopic (exact) mass is 315 g/mol. The normalized spacial score (nSPS) is 10.9. The first-order chi connectivity index (χ1) is 8.31. The molecule has 0 spiro atoms. The summed E-state index contributed by atoms with van der Waals surface area (Å²) in [5.74, 6) is 0.696. The Balaban J connectivity index is 2.63. The summed E-state index contributed by atoms with van der Waals surface area (Å²) < 4.78 is 11.3. The molecule has 0 bridgehead atoms. The summed E-state index contributed by atoms with van der Waals surface area (Å²) in [7, 11) is 1.59. The minimum Gasteiger partial charge on any atom is -0.496 e. The highest BCUT2D eigenvalue weighted by atomic mass is 79.9. The Bertz CT molecular complexity index is 427. The lowest BCUT2D eigenvalue weighted by molar-refractivity contribution is 0.130. The van der Waals surface area contributed by atoms with Gasteiger partial charge in [0, 0.05) is 15.6 Å². The van der Waals surface area contributed by atoms with Gasteiger partial charge in [0.25, 0.3) is 0 Å². The van der Waals surface area contributed by atoms with Crippen molar-refractivity contribution in [2.24, 2.45) is 0 Å². The Labute approximate surface area is 116 Å². The molecule has 0 aromatic heterocycles. The van der Waals surface area contributed by atoms with E-state index in [4.69, 9.17) is 9.47 Å². The fraction of sp³-hybridized carbons (Fsp3) is 0.462. The SMILES string of the molecule is COc1ccc(Br)cc1COC(=O)NC(C)(C)C. The van der Waals surface area contributed by atoms with Gasteiger partial charge < -0.3 is 14.8 Å². The lowest BCUT2D eigenvalue weighted by Crippen LogP contribution is -2.40. The van der Waals surface area contributed by atoms with Gasteiger partial charge in [0.05, 0.1) is 7.11 Å². The van der Waals surface area contributed by atoms with Crippen molar-refractivity contribution in [2.45, 2.75) is 32.9 Å². The zero-order valence-corrected chi connectivity index (χ0v) is 12.6. The van der Waals surface area contributed by atoms with E-state index in [1.54, 1.807) is 7.11 Å². The maximum atomic E-state index is 11.5. The number of hydrogen-bond donors (Lipinski definition) is 1. The molecule has 1 aromatic rings. The minimum atomic E-state index is -0.440. The summed E-state index contributed by atoms with van der Waals surface area (Å²) in [6, 6.07) is 5.56. The lowest BCUT2D eigenvalue weighted by Gasteiger charge is -2.20. The van der Waals surface area contributed by atoms with Crippen molar-refractivity contribution >= 4 is 22.0 Å². The first kappa shape index (κ1) is 14.8. The van der Waals surface area contributed by atoms with Crippen LogP contribution in [0.15, 0.2) is 22.7 Å². The van der Waals surface area contributed by atoms with Crippen molar-refractivity contribution in [1.82, 2.24) is 5.32 Å². The first-order valence-corrected chi connectivity index (χ1v) is 6.38. The zero-order chi connectivity index (χ0) is 13.8. The zero-order valence-electron chi connectivity index (χ0n) is 11.0.